The average Bonchev–Trinajstić information content (AvgIpc) is 2.28. The maximum atomic E-state index is 12.0. The summed E-state index contributed by atoms with van der Waals surface area (Å²) in [5.74, 6) is 0.00470. The van der Waals surface area contributed by atoms with Gasteiger partial charge in [-0.1, -0.05) is 37.3 Å². The predicted octanol–water partition coefficient (Wildman–Crippen LogP) is 3.09. The number of rotatable bonds is 4. The van der Waals surface area contributed by atoms with Gasteiger partial charge in [-0.3, -0.25) is 4.79 Å². The lowest BCUT2D eigenvalue weighted by molar-refractivity contribution is -0.123. The van der Waals surface area contributed by atoms with E-state index in [1.807, 2.05) is 51.1 Å². The molecule has 16 heavy (non-hydrogen) atoms. The lowest BCUT2D eigenvalue weighted by atomic mass is 9.96. The number of benzene rings is 1. The summed E-state index contributed by atoms with van der Waals surface area (Å²) < 4.78 is 0. The minimum atomic E-state index is -0.125. The molecule has 2 heteroatoms. The van der Waals surface area contributed by atoms with Crippen LogP contribution in [0.25, 0.3) is 0 Å². The van der Waals surface area contributed by atoms with Gasteiger partial charge < -0.3 is 5.32 Å². The fraction of sp³-hybridized carbons (Fsp3) is 0.500. The molecule has 1 N–H and O–H groups in total. The molecule has 0 aliphatic heterocycles. The van der Waals surface area contributed by atoms with E-state index in [0.717, 1.165) is 12.0 Å². The van der Waals surface area contributed by atoms with Crippen LogP contribution in [0.4, 0.5) is 0 Å². The normalized spacial score (nSPS) is 13.2. The molecule has 0 aromatic heterocycles. The van der Waals surface area contributed by atoms with Crippen molar-refractivity contribution in [1.29, 1.82) is 0 Å². The summed E-state index contributed by atoms with van der Waals surface area (Å²) in [6.07, 6.45) is 0.931. The highest BCUT2D eigenvalue weighted by molar-refractivity contribution is 5.83. The van der Waals surface area contributed by atoms with Gasteiger partial charge in [-0.15, -0.1) is 0 Å². The largest absolute Gasteiger partial charge is 0.351 e. The third-order valence-corrected chi connectivity index (χ3v) is 3.04. The van der Waals surface area contributed by atoms with Crippen LogP contribution < -0.4 is 5.32 Å². The highest BCUT2D eigenvalue weighted by atomic mass is 16.2. The first kappa shape index (κ1) is 12.8. The molecule has 0 saturated heterocycles. The molecule has 2 nitrogen and oxygen atoms in total. The third kappa shape index (κ3) is 3.37. The highest BCUT2D eigenvalue weighted by Gasteiger charge is 2.22. The van der Waals surface area contributed by atoms with Crippen LogP contribution in [-0.4, -0.2) is 11.4 Å². The van der Waals surface area contributed by atoms with E-state index in [2.05, 4.69) is 12.2 Å². The van der Waals surface area contributed by atoms with E-state index in [1.54, 1.807) is 0 Å². The van der Waals surface area contributed by atoms with Crippen molar-refractivity contribution in [1.82, 2.24) is 5.32 Å². The molecule has 0 saturated carbocycles. The van der Waals surface area contributed by atoms with E-state index < -0.39 is 0 Å². The Morgan fingerprint density at radius 2 is 1.88 bits per heavy atom. The van der Waals surface area contributed by atoms with Crippen LogP contribution >= 0.6 is 0 Å². The van der Waals surface area contributed by atoms with Crippen molar-refractivity contribution in [3.63, 3.8) is 0 Å². The van der Waals surface area contributed by atoms with Crippen LogP contribution in [0.3, 0.4) is 0 Å². The molecule has 1 aromatic carbocycles. The van der Waals surface area contributed by atoms with Crippen LogP contribution in [0, 0.1) is 0 Å². The Morgan fingerprint density at radius 3 is 2.38 bits per heavy atom. The lowest BCUT2D eigenvalue weighted by Crippen LogP contribution is -2.44. The van der Waals surface area contributed by atoms with Gasteiger partial charge >= 0.3 is 0 Å². The van der Waals surface area contributed by atoms with Crippen LogP contribution in [0.1, 0.15) is 45.6 Å². The molecular weight excluding hydrogens is 198 g/mol. The smallest absolute Gasteiger partial charge is 0.227 e. The molecule has 1 unspecified atom stereocenters. The van der Waals surface area contributed by atoms with Gasteiger partial charge in [0.1, 0.15) is 0 Å². The van der Waals surface area contributed by atoms with Crippen molar-refractivity contribution in [2.24, 2.45) is 0 Å². The van der Waals surface area contributed by atoms with Gasteiger partial charge in [-0.05, 0) is 32.8 Å². The Balaban J connectivity index is 2.69. The van der Waals surface area contributed by atoms with E-state index in [-0.39, 0.29) is 17.4 Å². The van der Waals surface area contributed by atoms with Gasteiger partial charge in [0.25, 0.3) is 0 Å². The summed E-state index contributed by atoms with van der Waals surface area (Å²) in [5.41, 5.74) is 0.937. The Bertz CT molecular complexity index is 343. The van der Waals surface area contributed by atoms with Crippen LogP contribution in [0.2, 0.25) is 0 Å². The second-order valence-corrected chi connectivity index (χ2v) is 4.86. The zero-order valence-corrected chi connectivity index (χ0v) is 10.6. The zero-order chi connectivity index (χ0) is 12.2. The van der Waals surface area contributed by atoms with Crippen molar-refractivity contribution < 1.29 is 4.79 Å². The molecule has 0 bridgehead atoms. The molecule has 0 fully saturated rings. The number of hydrogen-bond acceptors (Lipinski definition) is 1. The minimum Gasteiger partial charge on any atom is -0.351 e. The topological polar surface area (TPSA) is 29.1 Å². The molecule has 0 aliphatic carbocycles. The van der Waals surface area contributed by atoms with Crippen molar-refractivity contribution in [3.8, 4) is 0 Å². The number of amides is 1. The molecule has 1 aromatic rings. The highest BCUT2D eigenvalue weighted by Crippen LogP contribution is 2.17. The Hall–Kier alpha value is -1.31. The van der Waals surface area contributed by atoms with Crippen molar-refractivity contribution >= 4 is 5.91 Å². The summed E-state index contributed by atoms with van der Waals surface area (Å²) >= 11 is 0. The van der Waals surface area contributed by atoms with Gasteiger partial charge in [0.2, 0.25) is 5.91 Å². The van der Waals surface area contributed by atoms with E-state index >= 15 is 0 Å². The SMILES string of the molecule is CCC(C)(C)NC(=O)C(C)c1ccccc1. The fourth-order valence-corrected chi connectivity index (χ4v) is 1.42. The summed E-state index contributed by atoms with van der Waals surface area (Å²) in [4.78, 5) is 12.0. The molecule has 0 spiro atoms. The Kier molecular flexibility index (Phi) is 4.11. The molecule has 0 radical (unpaired) electrons. The maximum absolute atomic E-state index is 12.0. The van der Waals surface area contributed by atoms with Crippen molar-refractivity contribution in [2.45, 2.75) is 45.6 Å². The second-order valence-electron chi connectivity index (χ2n) is 4.86. The van der Waals surface area contributed by atoms with Gasteiger partial charge in [-0.2, -0.15) is 0 Å². The van der Waals surface area contributed by atoms with Gasteiger partial charge in [0, 0.05) is 5.54 Å². The Morgan fingerprint density at radius 1 is 1.31 bits per heavy atom. The van der Waals surface area contributed by atoms with E-state index in [9.17, 15) is 4.79 Å². The molecular formula is C14H21NO. The van der Waals surface area contributed by atoms with E-state index in [0.29, 0.717) is 0 Å². The summed E-state index contributed by atoms with van der Waals surface area (Å²) in [6.45, 7) is 8.11. The van der Waals surface area contributed by atoms with Crippen molar-refractivity contribution in [3.05, 3.63) is 35.9 Å². The van der Waals surface area contributed by atoms with Crippen LogP contribution in [0.5, 0.6) is 0 Å². The first-order chi connectivity index (χ1) is 7.46. The van der Waals surface area contributed by atoms with Crippen molar-refractivity contribution in [2.75, 3.05) is 0 Å². The predicted molar refractivity (Wildman–Crippen MR) is 67.4 cm³/mol. The van der Waals surface area contributed by atoms with E-state index in [1.165, 1.54) is 0 Å². The molecule has 0 heterocycles. The molecule has 1 amide bonds. The molecule has 88 valence electrons. The van der Waals surface area contributed by atoms with Crippen LogP contribution in [0.15, 0.2) is 30.3 Å². The van der Waals surface area contributed by atoms with E-state index in [4.69, 9.17) is 0 Å². The zero-order valence-electron chi connectivity index (χ0n) is 10.6. The summed E-state index contributed by atoms with van der Waals surface area (Å²) in [7, 11) is 0. The van der Waals surface area contributed by atoms with Gasteiger partial charge in [-0.25, -0.2) is 0 Å². The van der Waals surface area contributed by atoms with Gasteiger partial charge in [0.15, 0.2) is 0 Å². The first-order valence-corrected chi connectivity index (χ1v) is 5.83. The number of nitrogens with one attached hydrogen (secondary N) is 1. The third-order valence-electron chi connectivity index (χ3n) is 3.04. The molecule has 1 atom stereocenters. The summed E-state index contributed by atoms with van der Waals surface area (Å²) in [5, 5.41) is 3.07. The average molecular weight is 219 g/mol. The number of hydrogen-bond donors (Lipinski definition) is 1. The molecule has 0 aliphatic rings. The standard InChI is InChI=1S/C14H21NO/c1-5-14(3,4)15-13(16)11(2)12-9-7-6-8-10-12/h6-11H,5H2,1-4H3,(H,15,16). The monoisotopic (exact) mass is 219 g/mol. The fourth-order valence-electron chi connectivity index (χ4n) is 1.42. The molecule has 1 rings (SSSR count). The first-order valence-electron chi connectivity index (χ1n) is 5.83. The quantitative estimate of drug-likeness (QED) is 0.828. The van der Waals surface area contributed by atoms with Crippen LogP contribution in [-0.2, 0) is 4.79 Å². The Labute approximate surface area is 98.1 Å². The number of carbonyl (C=O) groups is 1. The lowest BCUT2D eigenvalue weighted by Gasteiger charge is -2.26. The maximum Gasteiger partial charge on any atom is 0.227 e. The second kappa shape index (κ2) is 5.15. The minimum absolute atomic E-state index is 0.0907. The summed E-state index contributed by atoms with van der Waals surface area (Å²) in [6, 6.07) is 9.87. The number of carbonyl (C=O) groups excluding carboxylic acids is 1. The van der Waals surface area contributed by atoms with Gasteiger partial charge in [0.05, 0.1) is 5.92 Å².